The van der Waals surface area contributed by atoms with Gasteiger partial charge in [-0.1, -0.05) is 85.4 Å². The SMILES string of the molecule is C=C/C=C\C([B]C(/C=C\C=C)=C/C=C)=C/C. The highest BCUT2D eigenvalue weighted by atomic mass is 13.8. The highest BCUT2D eigenvalue weighted by Crippen LogP contribution is 2.05. The van der Waals surface area contributed by atoms with Crippen molar-refractivity contribution in [2.24, 2.45) is 0 Å². The first kappa shape index (κ1) is 14.2. The minimum atomic E-state index is 1.08. The molecule has 0 saturated carbocycles. The lowest BCUT2D eigenvalue weighted by atomic mass is 9.62. The quantitative estimate of drug-likeness (QED) is 0.436. The molecule has 0 spiro atoms. The van der Waals surface area contributed by atoms with E-state index in [4.69, 9.17) is 0 Å². The van der Waals surface area contributed by atoms with Crippen molar-refractivity contribution in [3.63, 3.8) is 0 Å². The molecule has 0 nitrogen and oxygen atoms in total. The molecule has 0 rings (SSSR count). The Hall–Kier alpha value is -1.76. The third kappa shape index (κ3) is 6.66. The van der Waals surface area contributed by atoms with E-state index in [0.29, 0.717) is 0 Å². The molecule has 16 heavy (non-hydrogen) atoms. The zero-order valence-electron chi connectivity index (χ0n) is 9.89. The fraction of sp³-hybridized carbons (Fsp3) is 0.0667. The summed E-state index contributed by atoms with van der Waals surface area (Å²) >= 11 is 0. The second kappa shape index (κ2) is 9.79. The Kier molecular flexibility index (Phi) is 8.71. The zero-order valence-corrected chi connectivity index (χ0v) is 9.89. The third-order valence-corrected chi connectivity index (χ3v) is 1.83. The molecule has 0 saturated heterocycles. The van der Waals surface area contributed by atoms with E-state index in [1.165, 1.54) is 0 Å². The van der Waals surface area contributed by atoms with Crippen molar-refractivity contribution in [1.29, 1.82) is 0 Å². The maximum atomic E-state index is 3.69. The summed E-state index contributed by atoms with van der Waals surface area (Å²) in [6.45, 7) is 13.0. The molecular formula is C15H18B. The molecule has 0 aliphatic rings. The summed E-state index contributed by atoms with van der Waals surface area (Å²) < 4.78 is 0. The van der Waals surface area contributed by atoms with E-state index < -0.39 is 0 Å². The summed E-state index contributed by atoms with van der Waals surface area (Å²) in [5, 5.41) is 0. The molecule has 0 heterocycles. The van der Waals surface area contributed by atoms with Gasteiger partial charge in [-0.2, -0.15) is 0 Å². The van der Waals surface area contributed by atoms with Crippen LogP contribution >= 0.6 is 0 Å². The molecule has 0 aromatic carbocycles. The lowest BCUT2D eigenvalue weighted by Crippen LogP contribution is -1.97. The molecule has 0 aliphatic carbocycles. The van der Waals surface area contributed by atoms with E-state index in [2.05, 4.69) is 27.0 Å². The minimum absolute atomic E-state index is 1.08. The van der Waals surface area contributed by atoms with E-state index in [-0.39, 0.29) is 0 Å². The second-order valence-electron chi connectivity index (χ2n) is 3.03. The Balaban J connectivity index is 4.73. The van der Waals surface area contributed by atoms with E-state index in [1.807, 2.05) is 43.4 Å². The maximum absolute atomic E-state index is 3.69. The number of rotatable bonds is 7. The van der Waals surface area contributed by atoms with Gasteiger partial charge in [-0.15, -0.1) is 0 Å². The monoisotopic (exact) mass is 209 g/mol. The summed E-state index contributed by atoms with van der Waals surface area (Å²) in [7, 11) is 2.07. The van der Waals surface area contributed by atoms with Gasteiger partial charge in [-0.05, 0) is 6.92 Å². The van der Waals surface area contributed by atoms with Crippen molar-refractivity contribution in [2.75, 3.05) is 0 Å². The molecule has 0 N–H and O–H groups in total. The molecule has 1 heteroatoms. The summed E-state index contributed by atoms with van der Waals surface area (Å²) in [4.78, 5) is 0. The van der Waals surface area contributed by atoms with E-state index in [0.717, 1.165) is 10.9 Å². The topological polar surface area (TPSA) is 0 Å². The Morgan fingerprint density at radius 2 is 1.44 bits per heavy atom. The molecular weight excluding hydrogens is 191 g/mol. The number of hydrogen-bond donors (Lipinski definition) is 0. The van der Waals surface area contributed by atoms with Crippen LogP contribution in [0.2, 0.25) is 0 Å². The van der Waals surface area contributed by atoms with Crippen LogP contribution in [0.5, 0.6) is 0 Å². The normalized spacial score (nSPS) is 13.1. The van der Waals surface area contributed by atoms with Crippen LogP contribution in [0, 0.1) is 0 Å². The van der Waals surface area contributed by atoms with Gasteiger partial charge in [0, 0.05) is 0 Å². The van der Waals surface area contributed by atoms with Crippen LogP contribution in [0.4, 0.5) is 0 Å². The lowest BCUT2D eigenvalue weighted by molar-refractivity contribution is 1.67. The first-order chi connectivity index (χ1) is 7.78. The van der Waals surface area contributed by atoms with Crippen LogP contribution in [0.1, 0.15) is 6.92 Å². The average molecular weight is 209 g/mol. The maximum Gasteiger partial charge on any atom is 0.190 e. The summed E-state index contributed by atoms with van der Waals surface area (Å²) in [6, 6.07) is 0. The van der Waals surface area contributed by atoms with Crippen molar-refractivity contribution in [1.82, 2.24) is 0 Å². The Labute approximate surface area is 100 Å². The van der Waals surface area contributed by atoms with Crippen LogP contribution in [-0.4, -0.2) is 7.28 Å². The van der Waals surface area contributed by atoms with Gasteiger partial charge in [0.2, 0.25) is 0 Å². The minimum Gasteiger partial charge on any atom is -0.0991 e. The van der Waals surface area contributed by atoms with Gasteiger partial charge >= 0.3 is 0 Å². The van der Waals surface area contributed by atoms with Crippen LogP contribution in [0.25, 0.3) is 0 Å². The van der Waals surface area contributed by atoms with Gasteiger partial charge in [0.05, 0.1) is 0 Å². The smallest absolute Gasteiger partial charge is 0.0991 e. The Morgan fingerprint density at radius 1 is 0.875 bits per heavy atom. The molecule has 0 amide bonds. The van der Waals surface area contributed by atoms with E-state index in [1.54, 1.807) is 18.2 Å². The molecule has 0 atom stereocenters. The highest BCUT2D eigenvalue weighted by Gasteiger charge is 1.97. The predicted molar refractivity (Wildman–Crippen MR) is 76.5 cm³/mol. The van der Waals surface area contributed by atoms with E-state index in [9.17, 15) is 0 Å². The highest BCUT2D eigenvalue weighted by molar-refractivity contribution is 6.55. The fourth-order valence-electron chi connectivity index (χ4n) is 1.07. The molecule has 1 radical (unpaired) electrons. The molecule has 0 aliphatic heterocycles. The number of hydrogen-bond acceptors (Lipinski definition) is 0. The zero-order chi connectivity index (χ0) is 12.2. The molecule has 81 valence electrons. The molecule has 0 unspecified atom stereocenters. The van der Waals surface area contributed by atoms with Gasteiger partial charge in [0.1, 0.15) is 0 Å². The second-order valence-corrected chi connectivity index (χ2v) is 3.03. The van der Waals surface area contributed by atoms with Crippen LogP contribution in [0.3, 0.4) is 0 Å². The van der Waals surface area contributed by atoms with Gasteiger partial charge in [-0.3, -0.25) is 0 Å². The molecule has 0 aromatic rings. The summed E-state index contributed by atoms with van der Waals surface area (Å²) in [6.07, 6.45) is 17.1. The van der Waals surface area contributed by atoms with Gasteiger partial charge in [-0.25, -0.2) is 0 Å². The van der Waals surface area contributed by atoms with Gasteiger partial charge in [0.15, 0.2) is 7.28 Å². The summed E-state index contributed by atoms with van der Waals surface area (Å²) in [5.41, 5.74) is 2.21. The molecule has 0 bridgehead atoms. The fourth-order valence-corrected chi connectivity index (χ4v) is 1.07. The van der Waals surface area contributed by atoms with Gasteiger partial charge in [0.25, 0.3) is 0 Å². The van der Waals surface area contributed by atoms with Crippen LogP contribution in [-0.2, 0) is 0 Å². The van der Waals surface area contributed by atoms with Crippen LogP contribution in [0.15, 0.2) is 85.4 Å². The van der Waals surface area contributed by atoms with Crippen molar-refractivity contribution in [3.8, 4) is 0 Å². The van der Waals surface area contributed by atoms with Crippen molar-refractivity contribution in [3.05, 3.63) is 85.4 Å². The first-order valence-electron chi connectivity index (χ1n) is 5.20. The average Bonchev–Trinajstić information content (AvgIpc) is 2.31. The summed E-state index contributed by atoms with van der Waals surface area (Å²) in [5.74, 6) is 0. The Morgan fingerprint density at radius 3 is 1.88 bits per heavy atom. The Bertz CT molecular complexity index is 352. The largest absolute Gasteiger partial charge is 0.190 e. The standard InChI is InChI=1S/C15H18B/c1-5-9-12-14(8-4)16-15(11-7-3)13-10-6-2/h5-13H,1-3H2,4H3/b12-9-,13-10-,14-8+,15-11+. The van der Waals surface area contributed by atoms with Crippen molar-refractivity contribution >= 4 is 7.28 Å². The number of allylic oxidation sites excluding steroid dienone is 11. The van der Waals surface area contributed by atoms with Crippen LogP contribution < -0.4 is 0 Å². The van der Waals surface area contributed by atoms with Crippen molar-refractivity contribution < 1.29 is 0 Å². The molecule has 0 aromatic heterocycles. The third-order valence-electron chi connectivity index (χ3n) is 1.83. The van der Waals surface area contributed by atoms with Crippen molar-refractivity contribution in [2.45, 2.75) is 6.92 Å². The molecule has 0 fully saturated rings. The predicted octanol–water partition coefficient (Wildman–Crippen LogP) is 4.15. The first-order valence-corrected chi connectivity index (χ1v) is 5.20. The lowest BCUT2D eigenvalue weighted by Gasteiger charge is -2.00. The van der Waals surface area contributed by atoms with E-state index >= 15 is 0 Å². The van der Waals surface area contributed by atoms with Gasteiger partial charge < -0.3 is 0 Å².